The zero-order valence-corrected chi connectivity index (χ0v) is 11.5. The Labute approximate surface area is 126 Å². The first-order valence-electron chi connectivity index (χ1n) is 5.41. The van der Waals surface area contributed by atoms with Crippen LogP contribution in [0.4, 0.5) is 0 Å². The molecule has 0 saturated heterocycles. The molecular formula is C20H7N. The summed E-state index contributed by atoms with van der Waals surface area (Å²) in [6.07, 6.45) is 4.90. The fourth-order valence-corrected chi connectivity index (χ4v) is 0.582. The lowest BCUT2D eigenvalue weighted by Crippen LogP contribution is -2.00. The van der Waals surface area contributed by atoms with Crippen molar-refractivity contribution in [3.63, 3.8) is 0 Å². The van der Waals surface area contributed by atoms with Crippen LogP contribution in [-0.2, 0) is 0 Å². The van der Waals surface area contributed by atoms with E-state index in [2.05, 4.69) is 101 Å². The van der Waals surface area contributed by atoms with Gasteiger partial charge in [0.05, 0.1) is 0 Å². The minimum atomic E-state index is 1.70. The smallest absolute Gasteiger partial charge is 0.0211 e. The van der Waals surface area contributed by atoms with Crippen LogP contribution in [0.2, 0.25) is 0 Å². The summed E-state index contributed by atoms with van der Waals surface area (Å²) in [5.74, 6) is 39.5. The van der Waals surface area contributed by atoms with Crippen LogP contribution < -0.4 is 0 Å². The third-order valence-corrected chi connectivity index (χ3v) is 1.23. The molecule has 0 radical (unpaired) electrons. The van der Waals surface area contributed by atoms with Gasteiger partial charge in [0.1, 0.15) is 0 Å². The van der Waals surface area contributed by atoms with E-state index in [1.54, 1.807) is 4.90 Å². The maximum atomic E-state index is 4.90. The highest BCUT2D eigenvalue weighted by atomic mass is 15.0. The van der Waals surface area contributed by atoms with Crippen LogP contribution >= 0.6 is 0 Å². The lowest BCUT2D eigenvalue weighted by atomic mass is 10.5. The van der Waals surface area contributed by atoms with Gasteiger partial charge in [-0.25, -0.2) is 0 Å². The Kier molecular flexibility index (Phi) is 11.1. The second kappa shape index (κ2) is 13.9. The van der Waals surface area contributed by atoms with Crippen molar-refractivity contribution < 1.29 is 0 Å². The van der Waals surface area contributed by atoms with Crippen molar-refractivity contribution >= 4 is 0 Å². The molecule has 0 aromatic rings. The van der Waals surface area contributed by atoms with Crippen molar-refractivity contribution in [3.05, 3.63) is 0 Å². The van der Waals surface area contributed by atoms with E-state index in [1.807, 2.05) is 14.1 Å². The van der Waals surface area contributed by atoms with Gasteiger partial charge in [-0.1, -0.05) is 0 Å². The quantitative estimate of drug-likeness (QED) is 0.444. The molecule has 0 amide bonds. The van der Waals surface area contributed by atoms with Crippen molar-refractivity contribution in [1.82, 2.24) is 4.90 Å². The molecule has 92 valence electrons. The van der Waals surface area contributed by atoms with Crippen LogP contribution in [0, 0.1) is 107 Å². The molecule has 1 nitrogen and oxygen atoms in total. The van der Waals surface area contributed by atoms with Gasteiger partial charge in [-0.15, -0.1) is 6.42 Å². The van der Waals surface area contributed by atoms with E-state index in [0.29, 0.717) is 0 Å². The van der Waals surface area contributed by atoms with Crippen molar-refractivity contribution in [1.29, 1.82) is 0 Å². The molecule has 1 heteroatoms. The monoisotopic (exact) mass is 261 g/mol. The first-order chi connectivity index (χ1) is 10.3. The van der Waals surface area contributed by atoms with Crippen LogP contribution in [0.15, 0.2) is 0 Å². The van der Waals surface area contributed by atoms with Gasteiger partial charge in [0.25, 0.3) is 0 Å². The van der Waals surface area contributed by atoms with Crippen LogP contribution in [0.5, 0.6) is 0 Å². The van der Waals surface area contributed by atoms with Gasteiger partial charge in [-0.2, -0.15) is 0 Å². The predicted octanol–water partition coefficient (Wildman–Crippen LogP) is 0.166. The largest absolute Gasteiger partial charge is 0.338 e. The maximum Gasteiger partial charge on any atom is 0.0211 e. The van der Waals surface area contributed by atoms with Crippen molar-refractivity contribution in [3.8, 4) is 107 Å². The third-order valence-electron chi connectivity index (χ3n) is 1.23. The molecule has 0 heterocycles. The lowest BCUT2D eigenvalue weighted by Gasteiger charge is -1.94. The number of rotatable bonds is 0. The summed E-state index contributed by atoms with van der Waals surface area (Å²) in [6, 6.07) is 2.73. The second-order valence-corrected chi connectivity index (χ2v) is 3.03. The Bertz CT molecular complexity index is 907. The van der Waals surface area contributed by atoms with E-state index >= 15 is 0 Å². The Balaban J connectivity index is 4.33. The van der Waals surface area contributed by atoms with E-state index in [4.69, 9.17) is 6.42 Å². The molecule has 0 aromatic carbocycles. The van der Waals surface area contributed by atoms with Crippen LogP contribution in [0.25, 0.3) is 0 Å². The number of nitrogens with zero attached hydrogens (tertiary/aromatic N) is 1. The fourth-order valence-electron chi connectivity index (χ4n) is 0.582. The lowest BCUT2D eigenvalue weighted by molar-refractivity contribution is 0.598. The molecule has 0 fully saturated rings. The van der Waals surface area contributed by atoms with Gasteiger partial charge in [0, 0.05) is 67.5 Å². The standard InChI is InChI=1S/C20H7N/c1-4-5-6-7-8-9-10-11-12-13-14-15-16-17-18-19-20-21(2)3/h1H,2-3H3. The van der Waals surface area contributed by atoms with Crippen LogP contribution in [0.3, 0.4) is 0 Å². The first-order valence-corrected chi connectivity index (χ1v) is 5.41. The number of terminal acetylenes is 1. The second-order valence-electron chi connectivity index (χ2n) is 3.03. The van der Waals surface area contributed by atoms with Gasteiger partial charge in [-0.3, -0.25) is 0 Å². The van der Waals surface area contributed by atoms with E-state index in [-0.39, 0.29) is 0 Å². The average molecular weight is 261 g/mol. The molecule has 0 saturated carbocycles. The van der Waals surface area contributed by atoms with Crippen LogP contribution in [-0.4, -0.2) is 19.0 Å². The van der Waals surface area contributed by atoms with Crippen molar-refractivity contribution in [2.24, 2.45) is 0 Å². The zero-order valence-electron chi connectivity index (χ0n) is 11.5. The SMILES string of the molecule is C#CC#CC#CC#CC#CC#CC#CC#CC#CN(C)C. The number of hydrogen-bond acceptors (Lipinski definition) is 1. The Morgan fingerprint density at radius 2 is 0.762 bits per heavy atom. The highest BCUT2D eigenvalue weighted by Crippen LogP contribution is 1.63. The molecule has 0 aliphatic carbocycles. The molecule has 0 atom stereocenters. The maximum absolute atomic E-state index is 4.90. The van der Waals surface area contributed by atoms with Crippen molar-refractivity contribution in [2.45, 2.75) is 0 Å². The Morgan fingerprint density at radius 3 is 1.05 bits per heavy atom. The van der Waals surface area contributed by atoms with E-state index in [9.17, 15) is 0 Å². The van der Waals surface area contributed by atoms with Crippen molar-refractivity contribution in [2.75, 3.05) is 14.1 Å². The Morgan fingerprint density at radius 1 is 0.476 bits per heavy atom. The minimum absolute atomic E-state index is 1.70. The molecule has 0 unspecified atom stereocenters. The van der Waals surface area contributed by atoms with E-state index < -0.39 is 0 Å². The normalized spacial score (nSPS) is 4.43. The summed E-state index contributed by atoms with van der Waals surface area (Å²) in [5, 5.41) is 0. The molecular weight excluding hydrogens is 254 g/mol. The minimum Gasteiger partial charge on any atom is -0.338 e. The van der Waals surface area contributed by atoms with Gasteiger partial charge in [0.2, 0.25) is 0 Å². The van der Waals surface area contributed by atoms with Gasteiger partial charge < -0.3 is 4.90 Å². The summed E-state index contributed by atoms with van der Waals surface area (Å²) in [7, 11) is 3.65. The number of hydrogen-bond donors (Lipinski definition) is 0. The van der Waals surface area contributed by atoms with Gasteiger partial charge >= 0.3 is 0 Å². The highest BCUT2D eigenvalue weighted by molar-refractivity contribution is 5.46. The molecule has 0 rings (SSSR count). The molecule has 21 heavy (non-hydrogen) atoms. The van der Waals surface area contributed by atoms with Gasteiger partial charge in [-0.05, 0) is 47.4 Å². The van der Waals surface area contributed by atoms with E-state index in [0.717, 1.165) is 0 Å². The molecule has 0 bridgehead atoms. The van der Waals surface area contributed by atoms with Crippen LogP contribution in [0.1, 0.15) is 0 Å². The molecule has 0 aliphatic heterocycles. The molecule has 0 spiro atoms. The van der Waals surface area contributed by atoms with E-state index in [1.165, 1.54) is 0 Å². The predicted molar refractivity (Wildman–Crippen MR) is 84.7 cm³/mol. The summed E-state index contributed by atoms with van der Waals surface area (Å²) in [4.78, 5) is 1.70. The third kappa shape index (κ3) is 15.8. The summed E-state index contributed by atoms with van der Waals surface area (Å²) in [5.41, 5.74) is 0. The average Bonchev–Trinajstić information content (AvgIpc) is 2.46. The Hall–Kier alpha value is -4.16. The molecule has 0 N–H and O–H groups in total. The zero-order chi connectivity index (χ0) is 15.6. The summed E-state index contributed by atoms with van der Waals surface area (Å²) in [6.45, 7) is 0. The first kappa shape index (κ1) is 16.8. The summed E-state index contributed by atoms with van der Waals surface area (Å²) >= 11 is 0. The van der Waals surface area contributed by atoms with Gasteiger partial charge in [0.15, 0.2) is 0 Å². The summed E-state index contributed by atoms with van der Waals surface area (Å²) < 4.78 is 0. The molecule has 0 aliphatic rings. The molecule has 0 aromatic heterocycles. The topological polar surface area (TPSA) is 3.24 Å². The highest BCUT2D eigenvalue weighted by Gasteiger charge is 1.67. The fraction of sp³-hybridized carbons (Fsp3) is 0.100.